The Labute approximate surface area is 110 Å². The number of nitrogens with zero attached hydrogens (tertiary/aromatic N) is 1. The fourth-order valence-electron chi connectivity index (χ4n) is 1.56. The van der Waals surface area contributed by atoms with Crippen molar-refractivity contribution in [2.45, 2.75) is 59.0 Å². The first kappa shape index (κ1) is 17.2. The lowest BCUT2D eigenvalue weighted by Gasteiger charge is -2.23. The monoisotopic (exact) mass is 259 g/mol. The van der Waals surface area contributed by atoms with Gasteiger partial charge in [-0.2, -0.15) is 0 Å². The minimum absolute atomic E-state index is 0.260. The third kappa shape index (κ3) is 6.81. The van der Waals surface area contributed by atoms with E-state index in [-0.39, 0.29) is 11.3 Å². The summed E-state index contributed by atoms with van der Waals surface area (Å²) in [7, 11) is 0. The second-order valence-electron chi connectivity index (χ2n) is 5.85. The molecule has 0 spiro atoms. The average molecular weight is 259 g/mol. The van der Waals surface area contributed by atoms with Gasteiger partial charge >= 0.3 is 0 Å². The van der Waals surface area contributed by atoms with Gasteiger partial charge in [0.25, 0.3) is 0 Å². The summed E-state index contributed by atoms with van der Waals surface area (Å²) in [6, 6.07) is 0. The summed E-state index contributed by atoms with van der Waals surface area (Å²) >= 11 is 0. The van der Waals surface area contributed by atoms with Gasteiger partial charge in [0.1, 0.15) is 5.84 Å². The number of nitrogens with one attached hydrogen (secondary N) is 1. The molecule has 5 nitrogen and oxygen atoms in total. The molecular formula is C13H29N3O2. The summed E-state index contributed by atoms with van der Waals surface area (Å²) in [5.41, 5.74) is 4.74. The van der Waals surface area contributed by atoms with E-state index in [1.165, 1.54) is 0 Å². The van der Waals surface area contributed by atoms with Gasteiger partial charge in [-0.3, -0.25) is 0 Å². The molecule has 0 aromatic rings. The summed E-state index contributed by atoms with van der Waals surface area (Å²) in [4.78, 5) is 0. The Morgan fingerprint density at radius 2 is 1.89 bits per heavy atom. The quantitative estimate of drug-likeness (QED) is 0.167. The van der Waals surface area contributed by atoms with Crippen molar-refractivity contribution in [3.05, 3.63) is 0 Å². The fraction of sp³-hybridized carbons (Fsp3) is 0.923. The van der Waals surface area contributed by atoms with Crippen LogP contribution >= 0.6 is 0 Å². The molecule has 0 aromatic carbocycles. The van der Waals surface area contributed by atoms with Crippen LogP contribution in [-0.4, -0.2) is 34.8 Å². The van der Waals surface area contributed by atoms with Crippen molar-refractivity contribution in [3.8, 4) is 0 Å². The molecule has 108 valence electrons. The predicted molar refractivity (Wildman–Crippen MR) is 74.8 cm³/mol. The molecule has 5 N–H and O–H groups in total. The average Bonchev–Trinajstić information content (AvgIpc) is 2.32. The van der Waals surface area contributed by atoms with Crippen molar-refractivity contribution in [1.82, 2.24) is 5.32 Å². The molecule has 0 fully saturated rings. The predicted octanol–water partition coefficient (Wildman–Crippen LogP) is 1.68. The molecule has 0 radical (unpaired) electrons. The maximum absolute atomic E-state index is 9.79. The zero-order valence-electron chi connectivity index (χ0n) is 12.2. The van der Waals surface area contributed by atoms with Crippen molar-refractivity contribution in [2.75, 3.05) is 13.1 Å². The van der Waals surface area contributed by atoms with Crippen LogP contribution in [0.25, 0.3) is 0 Å². The van der Waals surface area contributed by atoms with Crippen molar-refractivity contribution in [2.24, 2.45) is 16.3 Å². The van der Waals surface area contributed by atoms with Crippen LogP contribution in [0.15, 0.2) is 5.16 Å². The number of amidine groups is 1. The van der Waals surface area contributed by atoms with Crippen molar-refractivity contribution >= 4 is 5.84 Å². The summed E-state index contributed by atoms with van der Waals surface area (Å²) in [5, 5.41) is 24.8. The highest BCUT2D eigenvalue weighted by Crippen LogP contribution is 2.23. The Morgan fingerprint density at radius 3 is 2.39 bits per heavy atom. The lowest BCUT2D eigenvalue weighted by atomic mass is 9.86. The molecule has 0 saturated heterocycles. The van der Waals surface area contributed by atoms with E-state index in [1.807, 2.05) is 27.7 Å². The largest absolute Gasteiger partial charge is 0.409 e. The highest BCUT2D eigenvalue weighted by atomic mass is 16.4. The fourth-order valence-corrected chi connectivity index (χ4v) is 1.56. The van der Waals surface area contributed by atoms with E-state index >= 15 is 0 Å². The minimum Gasteiger partial charge on any atom is -0.409 e. The second kappa shape index (κ2) is 7.59. The maximum Gasteiger partial charge on any atom is 0.144 e. The van der Waals surface area contributed by atoms with Gasteiger partial charge in [0.05, 0.1) is 5.60 Å². The van der Waals surface area contributed by atoms with E-state index in [9.17, 15) is 5.11 Å². The van der Waals surface area contributed by atoms with Crippen LogP contribution in [0.5, 0.6) is 0 Å². The van der Waals surface area contributed by atoms with E-state index in [1.54, 1.807) is 0 Å². The van der Waals surface area contributed by atoms with E-state index in [4.69, 9.17) is 10.9 Å². The van der Waals surface area contributed by atoms with Crippen LogP contribution < -0.4 is 11.1 Å². The van der Waals surface area contributed by atoms with Gasteiger partial charge < -0.3 is 21.4 Å². The van der Waals surface area contributed by atoms with E-state index in [2.05, 4.69) is 10.5 Å². The van der Waals surface area contributed by atoms with Gasteiger partial charge in [-0.25, -0.2) is 0 Å². The molecule has 0 rings (SSSR count). The first-order valence-electron chi connectivity index (χ1n) is 6.66. The van der Waals surface area contributed by atoms with Gasteiger partial charge in [-0.05, 0) is 32.7 Å². The third-order valence-electron chi connectivity index (χ3n) is 3.47. The van der Waals surface area contributed by atoms with Gasteiger partial charge in [-0.15, -0.1) is 0 Å². The number of rotatable bonds is 9. The molecule has 0 bridgehead atoms. The number of oxime groups is 1. The molecule has 0 aromatic heterocycles. The SMILES string of the molecule is CCC(C)(O)CNCCCCC(C)(C)C(N)=NO. The van der Waals surface area contributed by atoms with Gasteiger partial charge in [0, 0.05) is 12.0 Å². The molecule has 1 atom stereocenters. The summed E-state index contributed by atoms with van der Waals surface area (Å²) < 4.78 is 0. The molecule has 5 heteroatoms. The van der Waals surface area contributed by atoms with E-state index < -0.39 is 5.60 Å². The third-order valence-corrected chi connectivity index (χ3v) is 3.47. The van der Waals surface area contributed by atoms with Crippen molar-refractivity contribution < 1.29 is 10.3 Å². The van der Waals surface area contributed by atoms with Crippen LogP contribution in [0.1, 0.15) is 53.4 Å². The molecule has 0 aliphatic rings. The van der Waals surface area contributed by atoms with Gasteiger partial charge in [0.15, 0.2) is 0 Å². The molecule has 0 aliphatic carbocycles. The first-order valence-corrected chi connectivity index (χ1v) is 6.66. The highest BCUT2D eigenvalue weighted by molar-refractivity contribution is 5.85. The Balaban J connectivity index is 3.70. The van der Waals surface area contributed by atoms with E-state index in [0.29, 0.717) is 6.54 Å². The number of hydrogen-bond donors (Lipinski definition) is 4. The van der Waals surface area contributed by atoms with Crippen LogP contribution in [-0.2, 0) is 0 Å². The Kier molecular flexibility index (Phi) is 7.25. The van der Waals surface area contributed by atoms with Gasteiger partial charge in [-0.1, -0.05) is 32.3 Å². The van der Waals surface area contributed by atoms with Crippen molar-refractivity contribution in [1.29, 1.82) is 0 Å². The standard InChI is InChI=1S/C13H29N3O2/c1-5-13(4,17)10-15-9-7-6-8-12(2,3)11(14)16-18/h15,17-18H,5-10H2,1-4H3,(H2,14,16). The van der Waals surface area contributed by atoms with Crippen molar-refractivity contribution in [3.63, 3.8) is 0 Å². The van der Waals surface area contributed by atoms with E-state index in [0.717, 1.165) is 32.2 Å². The summed E-state index contributed by atoms with van der Waals surface area (Å²) in [6.45, 7) is 9.24. The van der Waals surface area contributed by atoms with Gasteiger partial charge in [0.2, 0.25) is 0 Å². The smallest absolute Gasteiger partial charge is 0.144 e. The van der Waals surface area contributed by atoms with Crippen LogP contribution in [0.3, 0.4) is 0 Å². The molecule has 0 heterocycles. The van der Waals surface area contributed by atoms with Crippen LogP contribution in [0.4, 0.5) is 0 Å². The summed E-state index contributed by atoms with van der Waals surface area (Å²) in [5.74, 6) is 0.282. The number of unbranched alkanes of at least 4 members (excludes halogenated alkanes) is 1. The zero-order valence-corrected chi connectivity index (χ0v) is 12.2. The highest BCUT2D eigenvalue weighted by Gasteiger charge is 2.22. The number of aliphatic hydroxyl groups is 1. The topological polar surface area (TPSA) is 90.9 Å². The first-order chi connectivity index (χ1) is 8.25. The molecule has 0 aliphatic heterocycles. The lowest BCUT2D eigenvalue weighted by molar-refractivity contribution is 0.0559. The molecule has 0 amide bonds. The zero-order chi connectivity index (χ0) is 14.2. The lowest BCUT2D eigenvalue weighted by Crippen LogP contribution is -2.37. The molecule has 0 saturated carbocycles. The minimum atomic E-state index is -0.618. The Morgan fingerprint density at radius 1 is 1.28 bits per heavy atom. The van der Waals surface area contributed by atoms with Crippen LogP contribution in [0.2, 0.25) is 0 Å². The molecular weight excluding hydrogens is 230 g/mol. The summed E-state index contributed by atoms with van der Waals surface area (Å²) in [6.07, 6.45) is 3.65. The number of nitrogens with two attached hydrogens (primary N) is 1. The molecule has 1 unspecified atom stereocenters. The second-order valence-corrected chi connectivity index (χ2v) is 5.85. The Hall–Kier alpha value is -0.810. The Bertz CT molecular complexity index is 263. The normalized spacial score (nSPS) is 16.6. The number of hydrogen-bond acceptors (Lipinski definition) is 4. The molecule has 18 heavy (non-hydrogen) atoms. The maximum atomic E-state index is 9.79. The van der Waals surface area contributed by atoms with Crippen LogP contribution in [0, 0.1) is 5.41 Å².